The summed E-state index contributed by atoms with van der Waals surface area (Å²) >= 11 is 7.74. The lowest BCUT2D eigenvalue weighted by atomic mass is 10.1. The largest absolute Gasteiger partial charge is 0.489 e. The first-order valence-corrected chi connectivity index (χ1v) is 7.56. The molecule has 0 aliphatic heterocycles. The summed E-state index contributed by atoms with van der Waals surface area (Å²) in [6, 6.07) is 12.0. The van der Waals surface area contributed by atoms with Crippen LogP contribution in [0.25, 0.3) is 0 Å². The molecule has 0 fully saturated rings. The molecule has 1 aromatic heterocycles. The van der Waals surface area contributed by atoms with Crippen LogP contribution in [0.1, 0.15) is 11.8 Å². The SMILES string of the molecule is CNC(Cc1cccs1)C(C)Oc1cccc(Cl)c1. The molecule has 0 bridgehead atoms. The minimum Gasteiger partial charge on any atom is -0.489 e. The predicted octanol–water partition coefficient (Wildman–Crippen LogP) is 4.00. The molecule has 102 valence electrons. The zero-order chi connectivity index (χ0) is 13.7. The van der Waals surface area contributed by atoms with E-state index in [1.165, 1.54) is 4.88 Å². The normalized spacial score (nSPS) is 14.1. The highest BCUT2D eigenvalue weighted by atomic mass is 35.5. The molecular formula is C15H18ClNOS. The van der Waals surface area contributed by atoms with Crippen LogP contribution in [0.5, 0.6) is 5.75 Å². The lowest BCUT2D eigenvalue weighted by molar-refractivity contribution is 0.174. The van der Waals surface area contributed by atoms with Crippen molar-refractivity contribution in [2.45, 2.75) is 25.5 Å². The number of hydrogen-bond donors (Lipinski definition) is 1. The van der Waals surface area contributed by atoms with Gasteiger partial charge in [-0.15, -0.1) is 11.3 Å². The Morgan fingerprint density at radius 3 is 2.79 bits per heavy atom. The molecule has 0 spiro atoms. The minimum absolute atomic E-state index is 0.0746. The van der Waals surface area contributed by atoms with E-state index in [4.69, 9.17) is 16.3 Å². The van der Waals surface area contributed by atoms with Crippen molar-refractivity contribution in [3.8, 4) is 5.75 Å². The fraction of sp³-hybridized carbons (Fsp3) is 0.333. The van der Waals surface area contributed by atoms with Crippen LogP contribution in [0.15, 0.2) is 41.8 Å². The average Bonchev–Trinajstić information content (AvgIpc) is 2.88. The lowest BCUT2D eigenvalue weighted by Gasteiger charge is -2.24. The molecule has 0 aliphatic carbocycles. The van der Waals surface area contributed by atoms with Gasteiger partial charge in [0.15, 0.2) is 0 Å². The number of hydrogen-bond acceptors (Lipinski definition) is 3. The zero-order valence-electron chi connectivity index (χ0n) is 11.1. The number of halogens is 1. The smallest absolute Gasteiger partial charge is 0.121 e. The molecule has 2 aromatic rings. The molecule has 0 saturated carbocycles. The lowest BCUT2D eigenvalue weighted by Crippen LogP contribution is -2.40. The van der Waals surface area contributed by atoms with E-state index in [1.807, 2.05) is 31.3 Å². The maximum atomic E-state index is 5.96. The van der Waals surface area contributed by atoms with Crippen molar-refractivity contribution in [2.24, 2.45) is 0 Å². The Hall–Kier alpha value is -1.03. The summed E-state index contributed by atoms with van der Waals surface area (Å²) in [5.74, 6) is 0.812. The molecule has 2 unspecified atom stereocenters. The van der Waals surface area contributed by atoms with Crippen LogP contribution in [0, 0.1) is 0 Å². The number of ether oxygens (including phenoxy) is 1. The molecule has 0 amide bonds. The zero-order valence-corrected chi connectivity index (χ0v) is 12.7. The molecule has 0 saturated heterocycles. The first-order chi connectivity index (χ1) is 9.19. The molecule has 2 nitrogen and oxygen atoms in total. The summed E-state index contributed by atoms with van der Waals surface area (Å²) in [6.07, 6.45) is 1.04. The first kappa shape index (κ1) is 14.4. The van der Waals surface area contributed by atoms with Crippen molar-refractivity contribution in [1.29, 1.82) is 0 Å². The maximum Gasteiger partial charge on any atom is 0.121 e. The molecular weight excluding hydrogens is 278 g/mol. The summed E-state index contributed by atoms with van der Waals surface area (Å²) in [4.78, 5) is 1.36. The van der Waals surface area contributed by atoms with Crippen LogP contribution in [-0.2, 0) is 6.42 Å². The molecule has 1 heterocycles. The van der Waals surface area contributed by atoms with E-state index in [0.29, 0.717) is 5.02 Å². The fourth-order valence-electron chi connectivity index (χ4n) is 1.99. The van der Waals surface area contributed by atoms with Crippen LogP contribution in [0.4, 0.5) is 0 Å². The number of rotatable bonds is 6. The van der Waals surface area contributed by atoms with Crippen molar-refractivity contribution < 1.29 is 4.74 Å². The Kier molecular flexibility index (Phi) is 5.25. The van der Waals surface area contributed by atoms with E-state index in [-0.39, 0.29) is 12.1 Å². The third-order valence-electron chi connectivity index (χ3n) is 3.06. The molecule has 4 heteroatoms. The highest BCUT2D eigenvalue weighted by molar-refractivity contribution is 7.09. The molecule has 2 atom stereocenters. The molecule has 2 rings (SSSR count). The monoisotopic (exact) mass is 295 g/mol. The molecule has 0 aliphatic rings. The Balaban J connectivity index is 1.98. The molecule has 1 N–H and O–H groups in total. The second-order valence-corrected chi connectivity index (χ2v) is 5.93. The fourth-order valence-corrected chi connectivity index (χ4v) is 2.93. The predicted molar refractivity (Wildman–Crippen MR) is 82.4 cm³/mol. The highest BCUT2D eigenvalue weighted by Gasteiger charge is 2.18. The van der Waals surface area contributed by atoms with Crippen molar-refractivity contribution in [2.75, 3.05) is 7.05 Å². The quantitative estimate of drug-likeness (QED) is 0.870. The number of likely N-dealkylation sites (N-methyl/N-ethyl adjacent to an activating group) is 1. The van der Waals surface area contributed by atoms with Gasteiger partial charge in [-0.25, -0.2) is 0 Å². The summed E-state index contributed by atoms with van der Waals surface area (Å²) < 4.78 is 5.95. The number of benzene rings is 1. The standard InChI is InChI=1S/C15H18ClNOS/c1-11(18-13-6-3-5-12(16)9-13)15(17-2)10-14-7-4-8-19-14/h3-9,11,15,17H,10H2,1-2H3. The van der Waals surface area contributed by atoms with Gasteiger partial charge in [-0.2, -0.15) is 0 Å². The Labute approximate surface area is 123 Å². The van der Waals surface area contributed by atoms with Gasteiger partial charge in [0.05, 0.1) is 0 Å². The molecule has 19 heavy (non-hydrogen) atoms. The van der Waals surface area contributed by atoms with E-state index < -0.39 is 0 Å². The van der Waals surface area contributed by atoms with E-state index in [1.54, 1.807) is 11.3 Å². The summed E-state index contributed by atoms with van der Waals surface area (Å²) in [6.45, 7) is 2.08. The van der Waals surface area contributed by atoms with Gasteiger partial charge < -0.3 is 10.1 Å². The van der Waals surface area contributed by atoms with Gasteiger partial charge in [0, 0.05) is 22.4 Å². The summed E-state index contributed by atoms with van der Waals surface area (Å²) in [5.41, 5.74) is 0. The van der Waals surface area contributed by atoms with Gasteiger partial charge in [-0.3, -0.25) is 0 Å². The van der Waals surface area contributed by atoms with E-state index >= 15 is 0 Å². The minimum atomic E-state index is 0.0746. The van der Waals surface area contributed by atoms with Crippen LogP contribution < -0.4 is 10.1 Å². The Morgan fingerprint density at radius 2 is 2.16 bits per heavy atom. The van der Waals surface area contributed by atoms with Gasteiger partial charge in [0.25, 0.3) is 0 Å². The van der Waals surface area contributed by atoms with E-state index in [9.17, 15) is 0 Å². The van der Waals surface area contributed by atoms with Crippen LogP contribution in [-0.4, -0.2) is 19.2 Å². The van der Waals surface area contributed by atoms with Crippen molar-refractivity contribution >= 4 is 22.9 Å². The second kappa shape index (κ2) is 6.94. The van der Waals surface area contributed by atoms with Gasteiger partial charge in [-0.1, -0.05) is 23.7 Å². The Bertz CT molecular complexity index is 501. The Morgan fingerprint density at radius 1 is 1.32 bits per heavy atom. The average molecular weight is 296 g/mol. The van der Waals surface area contributed by atoms with Crippen LogP contribution in [0.3, 0.4) is 0 Å². The highest BCUT2D eigenvalue weighted by Crippen LogP contribution is 2.20. The van der Waals surface area contributed by atoms with Gasteiger partial charge in [0.2, 0.25) is 0 Å². The molecule has 0 radical (unpaired) electrons. The summed E-state index contributed by atoms with van der Waals surface area (Å²) in [7, 11) is 1.97. The van der Waals surface area contributed by atoms with Crippen molar-refractivity contribution in [1.82, 2.24) is 5.32 Å². The number of nitrogens with one attached hydrogen (secondary N) is 1. The van der Waals surface area contributed by atoms with Gasteiger partial charge in [-0.05, 0) is 43.6 Å². The van der Waals surface area contributed by atoms with Gasteiger partial charge in [0.1, 0.15) is 11.9 Å². The van der Waals surface area contributed by atoms with Crippen molar-refractivity contribution in [3.05, 3.63) is 51.7 Å². The maximum absolute atomic E-state index is 5.96. The third kappa shape index (κ3) is 4.23. The third-order valence-corrected chi connectivity index (χ3v) is 4.19. The molecule has 1 aromatic carbocycles. The topological polar surface area (TPSA) is 21.3 Å². The van der Waals surface area contributed by atoms with E-state index in [2.05, 4.69) is 29.8 Å². The van der Waals surface area contributed by atoms with Gasteiger partial charge >= 0.3 is 0 Å². The van der Waals surface area contributed by atoms with Crippen LogP contribution in [0.2, 0.25) is 5.02 Å². The second-order valence-electron chi connectivity index (χ2n) is 4.46. The van der Waals surface area contributed by atoms with Crippen molar-refractivity contribution in [3.63, 3.8) is 0 Å². The first-order valence-electron chi connectivity index (χ1n) is 6.31. The van der Waals surface area contributed by atoms with Crippen LogP contribution >= 0.6 is 22.9 Å². The number of thiophene rings is 1. The summed E-state index contributed by atoms with van der Waals surface area (Å²) in [5, 5.41) is 6.12. The van der Waals surface area contributed by atoms with E-state index in [0.717, 1.165) is 12.2 Å².